The van der Waals surface area contributed by atoms with Crippen molar-refractivity contribution < 1.29 is 9.21 Å². The molecule has 0 aliphatic carbocycles. The van der Waals surface area contributed by atoms with E-state index in [0.717, 1.165) is 41.4 Å². The number of furan rings is 1. The predicted octanol–water partition coefficient (Wildman–Crippen LogP) is 4.88. The van der Waals surface area contributed by atoms with Crippen molar-refractivity contribution in [3.63, 3.8) is 0 Å². The van der Waals surface area contributed by atoms with E-state index >= 15 is 0 Å². The molecule has 0 radical (unpaired) electrons. The molecule has 1 aliphatic heterocycles. The maximum absolute atomic E-state index is 12.8. The number of carbonyl (C=O) groups is 1. The highest BCUT2D eigenvalue weighted by Crippen LogP contribution is 2.26. The number of rotatable bonds is 8. The van der Waals surface area contributed by atoms with Crippen LogP contribution in [0.4, 0.5) is 0 Å². The molecule has 1 saturated heterocycles. The molecule has 1 N–H and O–H groups in total. The first-order valence-electron chi connectivity index (χ1n) is 12.1. The van der Waals surface area contributed by atoms with Gasteiger partial charge in [-0.15, -0.1) is 0 Å². The van der Waals surface area contributed by atoms with Gasteiger partial charge in [-0.25, -0.2) is 4.68 Å². The summed E-state index contributed by atoms with van der Waals surface area (Å²) in [5.41, 5.74) is 3.46. The van der Waals surface area contributed by atoms with Crippen LogP contribution in [0.3, 0.4) is 0 Å². The molecule has 1 amide bonds. The van der Waals surface area contributed by atoms with Crippen molar-refractivity contribution in [2.45, 2.75) is 25.3 Å². The van der Waals surface area contributed by atoms with E-state index in [0.29, 0.717) is 6.54 Å². The zero-order chi connectivity index (χ0) is 23.9. The first-order chi connectivity index (χ1) is 17.3. The number of hydrogen-bond donors (Lipinski definition) is 1. The van der Waals surface area contributed by atoms with E-state index in [4.69, 9.17) is 9.52 Å². The van der Waals surface area contributed by atoms with Gasteiger partial charge in [-0.2, -0.15) is 5.10 Å². The Balaban J connectivity index is 1.33. The Morgan fingerprint density at radius 2 is 1.91 bits per heavy atom. The summed E-state index contributed by atoms with van der Waals surface area (Å²) in [6.45, 7) is 2.53. The highest BCUT2D eigenvalue weighted by atomic mass is 16.3. The minimum Gasteiger partial charge on any atom is -0.468 e. The normalized spacial score (nSPS) is 15.3. The second-order valence-corrected chi connectivity index (χ2v) is 8.66. The molecule has 0 spiro atoms. The summed E-state index contributed by atoms with van der Waals surface area (Å²) in [6.07, 6.45) is 14.1. The van der Waals surface area contributed by atoms with Gasteiger partial charge in [-0.05, 0) is 68.4 Å². The van der Waals surface area contributed by atoms with Gasteiger partial charge in [0, 0.05) is 42.3 Å². The van der Waals surface area contributed by atoms with Gasteiger partial charge < -0.3 is 9.73 Å². The fraction of sp³-hybridized carbons (Fsp3) is 0.250. The maximum Gasteiger partial charge on any atom is 0.244 e. The second-order valence-electron chi connectivity index (χ2n) is 8.66. The Labute approximate surface area is 205 Å². The lowest BCUT2D eigenvalue weighted by atomic mass is 10.1. The fourth-order valence-corrected chi connectivity index (χ4v) is 4.49. The number of carbonyl (C=O) groups excluding carboxylic acids is 1. The average molecular weight is 468 g/mol. The molecule has 35 heavy (non-hydrogen) atoms. The quantitative estimate of drug-likeness (QED) is 0.374. The lowest BCUT2D eigenvalue weighted by molar-refractivity contribution is -0.116. The number of nitrogens with zero attached hydrogens (tertiary/aromatic N) is 4. The van der Waals surface area contributed by atoms with Gasteiger partial charge in [0.15, 0.2) is 0 Å². The van der Waals surface area contributed by atoms with Crippen LogP contribution >= 0.6 is 0 Å². The van der Waals surface area contributed by atoms with Crippen LogP contribution in [0.1, 0.15) is 36.6 Å². The zero-order valence-corrected chi connectivity index (χ0v) is 19.6. The topological polar surface area (TPSA) is 76.2 Å². The van der Waals surface area contributed by atoms with Gasteiger partial charge in [-0.1, -0.05) is 24.6 Å². The predicted molar refractivity (Wildman–Crippen MR) is 136 cm³/mol. The van der Waals surface area contributed by atoms with Crippen LogP contribution in [-0.2, 0) is 4.79 Å². The SMILES string of the molecule is O=C(/C=C/c1cn(-c2ccccc2)nc1-c1cccnc1)NCC(c1ccco1)N1CCCCC1. The third kappa shape index (κ3) is 5.58. The number of hydrogen-bond acceptors (Lipinski definition) is 5. The molecule has 1 unspecified atom stereocenters. The number of nitrogens with one attached hydrogen (secondary N) is 1. The van der Waals surface area contributed by atoms with Crippen molar-refractivity contribution in [3.8, 4) is 16.9 Å². The first kappa shape index (κ1) is 22.8. The van der Waals surface area contributed by atoms with Gasteiger partial charge in [0.2, 0.25) is 5.91 Å². The number of para-hydroxylation sites is 1. The van der Waals surface area contributed by atoms with Crippen molar-refractivity contribution >= 4 is 12.0 Å². The number of likely N-dealkylation sites (tertiary alicyclic amines) is 1. The van der Waals surface area contributed by atoms with E-state index in [1.165, 1.54) is 19.3 Å². The second kappa shape index (κ2) is 11.0. The summed E-state index contributed by atoms with van der Waals surface area (Å²) in [4.78, 5) is 19.4. The first-order valence-corrected chi connectivity index (χ1v) is 12.1. The lowest BCUT2D eigenvalue weighted by Crippen LogP contribution is -2.40. The monoisotopic (exact) mass is 467 g/mol. The Bertz CT molecular complexity index is 1240. The highest BCUT2D eigenvalue weighted by molar-refractivity contribution is 5.92. The van der Waals surface area contributed by atoms with Gasteiger partial charge in [-0.3, -0.25) is 14.7 Å². The molecule has 7 nitrogen and oxygen atoms in total. The molecule has 5 rings (SSSR count). The van der Waals surface area contributed by atoms with Crippen molar-refractivity contribution in [2.75, 3.05) is 19.6 Å². The van der Waals surface area contributed by atoms with Crippen LogP contribution in [-0.4, -0.2) is 45.2 Å². The van der Waals surface area contributed by atoms with Gasteiger partial charge in [0.25, 0.3) is 0 Å². The molecule has 1 atom stereocenters. The molecule has 3 aromatic heterocycles. The number of aromatic nitrogens is 3. The molecular weight excluding hydrogens is 438 g/mol. The fourth-order valence-electron chi connectivity index (χ4n) is 4.49. The van der Waals surface area contributed by atoms with Gasteiger partial charge in [0.1, 0.15) is 11.5 Å². The van der Waals surface area contributed by atoms with Crippen molar-refractivity contribution in [3.05, 3.63) is 96.9 Å². The smallest absolute Gasteiger partial charge is 0.244 e. The Kier molecular flexibility index (Phi) is 7.15. The third-order valence-electron chi connectivity index (χ3n) is 6.29. The largest absolute Gasteiger partial charge is 0.468 e. The van der Waals surface area contributed by atoms with Crippen LogP contribution in [0.15, 0.2) is 89.9 Å². The van der Waals surface area contributed by atoms with E-state index < -0.39 is 0 Å². The third-order valence-corrected chi connectivity index (χ3v) is 6.29. The Morgan fingerprint density at radius 3 is 2.66 bits per heavy atom. The average Bonchev–Trinajstić information content (AvgIpc) is 3.60. The number of benzene rings is 1. The summed E-state index contributed by atoms with van der Waals surface area (Å²) in [5.74, 6) is 0.738. The van der Waals surface area contributed by atoms with Crippen LogP contribution in [0, 0.1) is 0 Å². The van der Waals surface area contributed by atoms with E-state index in [1.807, 2.05) is 71.6 Å². The van der Waals surface area contributed by atoms with Gasteiger partial charge in [0.05, 0.1) is 18.0 Å². The molecule has 0 bridgehead atoms. The molecular formula is C28H29N5O2. The van der Waals surface area contributed by atoms with E-state index in [2.05, 4.69) is 15.2 Å². The molecule has 1 aromatic carbocycles. The minimum atomic E-state index is -0.150. The summed E-state index contributed by atoms with van der Waals surface area (Å²) in [7, 11) is 0. The standard InChI is InChI=1S/C28H29N5O2/c34-27(30-20-25(26-12-8-18-35-26)32-16-5-2-6-17-32)14-13-23-21-33(24-10-3-1-4-11-24)31-28(23)22-9-7-15-29-19-22/h1,3-4,7-15,18-19,21,25H,2,5-6,16-17,20H2,(H,30,34)/b14-13+. The number of piperidine rings is 1. The molecule has 178 valence electrons. The van der Waals surface area contributed by atoms with E-state index in [-0.39, 0.29) is 11.9 Å². The number of amides is 1. The molecule has 4 aromatic rings. The van der Waals surface area contributed by atoms with E-state index in [1.54, 1.807) is 24.7 Å². The van der Waals surface area contributed by atoms with Crippen LogP contribution in [0.5, 0.6) is 0 Å². The summed E-state index contributed by atoms with van der Waals surface area (Å²) < 4.78 is 7.51. The lowest BCUT2D eigenvalue weighted by Gasteiger charge is -2.33. The summed E-state index contributed by atoms with van der Waals surface area (Å²) in [5, 5.41) is 7.84. The number of pyridine rings is 1. The van der Waals surface area contributed by atoms with Crippen molar-refractivity contribution in [1.82, 2.24) is 25.0 Å². The summed E-state index contributed by atoms with van der Waals surface area (Å²) in [6, 6.07) is 17.7. The summed E-state index contributed by atoms with van der Waals surface area (Å²) >= 11 is 0. The van der Waals surface area contributed by atoms with Crippen molar-refractivity contribution in [1.29, 1.82) is 0 Å². The minimum absolute atomic E-state index is 0.0365. The molecule has 1 fully saturated rings. The van der Waals surface area contributed by atoms with Crippen LogP contribution in [0.2, 0.25) is 0 Å². The Hall–Kier alpha value is -3.97. The zero-order valence-electron chi connectivity index (χ0n) is 19.6. The highest BCUT2D eigenvalue weighted by Gasteiger charge is 2.24. The van der Waals surface area contributed by atoms with Crippen molar-refractivity contribution in [2.24, 2.45) is 0 Å². The molecule has 4 heterocycles. The Morgan fingerprint density at radius 1 is 1.06 bits per heavy atom. The van der Waals surface area contributed by atoms with Gasteiger partial charge >= 0.3 is 0 Å². The van der Waals surface area contributed by atoms with Crippen LogP contribution < -0.4 is 5.32 Å². The maximum atomic E-state index is 12.8. The molecule has 0 saturated carbocycles. The molecule has 1 aliphatic rings. The van der Waals surface area contributed by atoms with E-state index in [9.17, 15) is 4.79 Å². The van der Waals surface area contributed by atoms with Crippen LogP contribution in [0.25, 0.3) is 23.0 Å². The molecule has 7 heteroatoms.